The van der Waals surface area contributed by atoms with E-state index in [1.807, 2.05) is 0 Å². The van der Waals surface area contributed by atoms with E-state index in [9.17, 15) is 9.59 Å². The number of carbonyl (C=O) groups excluding carboxylic acids is 2. The number of amides is 2. The van der Waals surface area contributed by atoms with E-state index >= 15 is 0 Å². The molecule has 3 N–H and O–H groups in total. The first-order valence-electron chi connectivity index (χ1n) is 4.31. The van der Waals surface area contributed by atoms with Crippen LogP contribution in [0.15, 0.2) is 24.5 Å². The lowest BCUT2D eigenvalue weighted by molar-refractivity contribution is -0.134. The maximum Gasteiger partial charge on any atom is 0.252 e. The Morgan fingerprint density at radius 1 is 1.40 bits per heavy atom. The third kappa shape index (κ3) is 4.19. The van der Waals surface area contributed by atoms with Gasteiger partial charge in [0.1, 0.15) is 6.42 Å². The molecule has 80 valence electrons. The molecule has 0 unspecified atom stereocenters. The number of hydroxylamine groups is 1. The lowest BCUT2D eigenvalue weighted by atomic mass is 10.3. The van der Waals surface area contributed by atoms with E-state index in [0.29, 0.717) is 6.54 Å². The van der Waals surface area contributed by atoms with Crippen LogP contribution >= 0.6 is 0 Å². The summed E-state index contributed by atoms with van der Waals surface area (Å²) in [5, 5.41) is 10.7. The molecule has 0 saturated carbocycles. The summed E-state index contributed by atoms with van der Waals surface area (Å²) in [6, 6.07) is 3.56. The third-order valence-electron chi connectivity index (χ3n) is 1.66. The van der Waals surface area contributed by atoms with Crippen molar-refractivity contribution < 1.29 is 14.8 Å². The first-order valence-corrected chi connectivity index (χ1v) is 4.31. The smallest absolute Gasteiger partial charge is 0.252 e. The number of hydrogen-bond donors (Lipinski definition) is 3. The fraction of sp³-hybridized carbons (Fsp3) is 0.222. The third-order valence-corrected chi connectivity index (χ3v) is 1.66. The van der Waals surface area contributed by atoms with Gasteiger partial charge in [0.05, 0.1) is 0 Å². The Morgan fingerprint density at radius 2 is 2.20 bits per heavy atom. The van der Waals surface area contributed by atoms with Crippen LogP contribution in [-0.4, -0.2) is 22.0 Å². The van der Waals surface area contributed by atoms with Gasteiger partial charge in [-0.3, -0.25) is 19.8 Å². The van der Waals surface area contributed by atoms with E-state index in [0.717, 1.165) is 5.56 Å². The van der Waals surface area contributed by atoms with Crippen molar-refractivity contribution in [2.75, 3.05) is 0 Å². The highest BCUT2D eigenvalue weighted by molar-refractivity contribution is 5.96. The van der Waals surface area contributed by atoms with Crippen LogP contribution in [0.4, 0.5) is 0 Å². The molecule has 1 aromatic rings. The summed E-state index contributed by atoms with van der Waals surface area (Å²) < 4.78 is 0. The fourth-order valence-corrected chi connectivity index (χ4v) is 0.951. The topological polar surface area (TPSA) is 91.3 Å². The van der Waals surface area contributed by atoms with Crippen LogP contribution in [0.5, 0.6) is 0 Å². The maximum absolute atomic E-state index is 11.1. The van der Waals surface area contributed by atoms with Crippen LogP contribution < -0.4 is 10.8 Å². The van der Waals surface area contributed by atoms with E-state index in [2.05, 4.69) is 10.3 Å². The monoisotopic (exact) mass is 209 g/mol. The van der Waals surface area contributed by atoms with Crippen molar-refractivity contribution in [1.29, 1.82) is 0 Å². The summed E-state index contributed by atoms with van der Waals surface area (Å²) in [4.78, 5) is 25.6. The second-order valence-electron chi connectivity index (χ2n) is 2.85. The second-order valence-corrected chi connectivity index (χ2v) is 2.85. The highest BCUT2D eigenvalue weighted by Crippen LogP contribution is 1.94. The lowest BCUT2D eigenvalue weighted by Gasteiger charge is -2.03. The van der Waals surface area contributed by atoms with Gasteiger partial charge in [0.15, 0.2) is 0 Å². The Balaban J connectivity index is 2.32. The van der Waals surface area contributed by atoms with E-state index in [-0.39, 0.29) is 0 Å². The summed E-state index contributed by atoms with van der Waals surface area (Å²) in [5.74, 6) is -1.19. The van der Waals surface area contributed by atoms with Crippen LogP contribution in [-0.2, 0) is 16.1 Å². The van der Waals surface area contributed by atoms with E-state index < -0.39 is 18.2 Å². The molecule has 1 heterocycles. The molecule has 0 atom stereocenters. The van der Waals surface area contributed by atoms with Crippen LogP contribution in [0.3, 0.4) is 0 Å². The molecule has 0 aliphatic heterocycles. The van der Waals surface area contributed by atoms with Crippen molar-refractivity contribution in [3.8, 4) is 0 Å². The molecule has 1 rings (SSSR count). The number of hydrogen-bond acceptors (Lipinski definition) is 4. The molecule has 2 amide bonds. The van der Waals surface area contributed by atoms with Crippen LogP contribution in [0.2, 0.25) is 0 Å². The molecule has 1 aromatic heterocycles. The zero-order valence-corrected chi connectivity index (χ0v) is 7.93. The predicted molar refractivity (Wildman–Crippen MR) is 50.6 cm³/mol. The van der Waals surface area contributed by atoms with Gasteiger partial charge in [-0.25, -0.2) is 5.48 Å². The van der Waals surface area contributed by atoms with E-state index in [1.54, 1.807) is 24.5 Å². The number of aromatic nitrogens is 1. The number of carbonyl (C=O) groups is 2. The normalized spacial score (nSPS) is 9.40. The minimum absolute atomic E-state index is 0.311. The number of nitrogens with zero attached hydrogens (tertiary/aromatic N) is 1. The summed E-state index contributed by atoms with van der Waals surface area (Å²) in [7, 11) is 0. The summed E-state index contributed by atoms with van der Waals surface area (Å²) in [5.41, 5.74) is 2.22. The fourth-order valence-electron chi connectivity index (χ4n) is 0.951. The van der Waals surface area contributed by atoms with Crippen molar-refractivity contribution in [1.82, 2.24) is 15.8 Å². The van der Waals surface area contributed by atoms with Crippen LogP contribution in [0, 0.1) is 0 Å². The van der Waals surface area contributed by atoms with Gasteiger partial charge in [0, 0.05) is 18.9 Å². The SMILES string of the molecule is O=C(CC(=O)NCc1cccnc1)NO. The number of nitrogens with one attached hydrogen (secondary N) is 2. The minimum Gasteiger partial charge on any atom is -0.352 e. The van der Waals surface area contributed by atoms with Crippen LogP contribution in [0.1, 0.15) is 12.0 Å². The molecule has 0 spiro atoms. The molecule has 0 aromatic carbocycles. The van der Waals surface area contributed by atoms with Crippen molar-refractivity contribution >= 4 is 11.8 Å². The average Bonchev–Trinajstić information content (AvgIpc) is 2.27. The van der Waals surface area contributed by atoms with Crippen molar-refractivity contribution in [3.63, 3.8) is 0 Å². The quantitative estimate of drug-likeness (QED) is 0.357. The first-order chi connectivity index (χ1) is 7.22. The Bertz CT molecular complexity index is 340. The Hall–Kier alpha value is -1.95. The highest BCUT2D eigenvalue weighted by Gasteiger charge is 2.07. The van der Waals surface area contributed by atoms with Gasteiger partial charge in [-0.05, 0) is 11.6 Å². The maximum atomic E-state index is 11.1. The molecular weight excluding hydrogens is 198 g/mol. The molecule has 0 saturated heterocycles. The average molecular weight is 209 g/mol. The van der Waals surface area contributed by atoms with Gasteiger partial charge in [-0.15, -0.1) is 0 Å². The Kier molecular flexibility index (Phi) is 4.24. The Morgan fingerprint density at radius 3 is 2.80 bits per heavy atom. The number of rotatable bonds is 4. The highest BCUT2D eigenvalue weighted by atomic mass is 16.5. The second kappa shape index (κ2) is 5.71. The minimum atomic E-state index is -0.737. The summed E-state index contributed by atoms with van der Waals surface area (Å²) in [6.07, 6.45) is 2.85. The van der Waals surface area contributed by atoms with Gasteiger partial charge in [0.25, 0.3) is 5.91 Å². The zero-order valence-electron chi connectivity index (χ0n) is 7.93. The van der Waals surface area contributed by atoms with Gasteiger partial charge < -0.3 is 5.32 Å². The summed E-state index contributed by atoms with van der Waals surface area (Å²) >= 11 is 0. The first kappa shape index (κ1) is 11.1. The predicted octanol–water partition coefficient (Wildman–Crippen LogP) is -0.407. The molecule has 0 bridgehead atoms. The lowest BCUT2D eigenvalue weighted by Crippen LogP contribution is -2.30. The van der Waals surface area contributed by atoms with Crippen molar-refractivity contribution in [3.05, 3.63) is 30.1 Å². The molecule has 0 aliphatic carbocycles. The van der Waals surface area contributed by atoms with Crippen LogP contribution in [0.25, 0.3) is 0 Å². The molecule has 0 radical (unpaired) electrons. The van der Waals surface area contributed by atoms with Crippen molar-refractivity contribution in [2.24, 2.45) is 0 Å². The van der Waals surface area contributed by atoms with E-state index in [4.69, 9.17) is 5.21 Å². The van der Waals surface area contributed by atoms with E-state index in [1.165, 1.54) is 5.48 Å². The molecule has 15 heavy (non-hydrogen) atoms. The molecule has 0 fully saturated rings. The molecule has 6 nitrogen and oxygen atoms in total. The Labute approximate surface area is 86.3 Å². The zero-order chi connectivity index (χ0) is 11.1. The largest absolute Gasteiger partial charge is 0.352 e. The van der Waals surface area contributed by atoms with Gasteiger partial charge in [-0.1, -0.05) is 6.07 Å². The van der Waals surface area contributed by atoms with Gasteiger partial charge in [0.2, 0.25) is 5.91 Å². The molecule has 6 heteroatoms. The van der Waals surface area contributed by atoms with Gasteiger partial charge in [-0.2, -0.15) is 0 Å². The van der Waals surface area contributed by atoms with Crippen molar-refractivity contribution in [2.45, 2.75) is 13.0 Å². The standard InChI is InChI=1S/C9H11N3O3/c13-8(4-9(14)12-15)11-6-7-2-1-3-10-5-7/h1-3,5,15H,4,6H2,(H,11,13)(H,12,14). The molecule has 0 aliphatic rings. The summed E-state index contributed by atoms with van der Waals surface area (Å²) in [6.45, 7) is 0.311. The molecular formula is C9H11N3O3. The van der Waals surface area contributed by atoms with Gasteiger partial charge >= 0.3 is 0 Å². The number of pyridine rings is 1.